The number of ether oxygens (including phenoxy) is 2. The van der Waals surface area contributed by atoms with Gasteiger partial charge in [0.2, 0.25) is 10.0 Å². The quantitative estimate of drug-likeness (QED) is 0.354. The van der Waals surface area contributed by atoms with Gasteiger partial charge in [-0.3, -0.25) is 0 Å². The summed E-state index contributed by atoms with van der Waals surface area (Å²) in [6.07, 6.45) is 3.06. The Morgan fingerprint density at radius 3 is 2.00 bits per heavy atom. The van der Waals surface area contributed by atoms with E-state index < -0.39 is 19.9 Å². The number of furan rings is 1. The number of rotatable bonds is 12. The molecule has 0 aliphatic carbocycles. The van der Waals surface area contributed by atoms with E-state index in [4.69, 9.17) is 13.9 Å². The van der Waals surface area contributed by atoms with Crippen LogP contribution in [0.1, 0.15) is 19.1 Å². The van der Waals surface area contributed by atoms with Crippen molar-refractivity contribution in [2.24, 2.45) is 0 Å². The average Bonchev–Trinajstić information content (AvgIpc) is 3.29. The SMILES string of the molecule is CCOc1ccc(S(=O)(=O)N(CCCOc2ccc(S(C)(=O)=O)cc2)Cc2ccco2)cc1. The number of hydrogen-bond acceptors (Lipinski definition) is 7. The van der Waals surface area contributed by atoms with E-state index in [1.165, 1.54) is 34.8 Å². The van der Waals surface area contributed by atoms with E-state index in [-0.39, 0.29) is 29.5 Å². The second kappa shape index (κ2) is 10.9. The molecule has 0 radical (unpaired) electrons. The third-order valence-electron chi connectivity index (χ3n) is 4.76. The Hall–Kier alpha value is -2.82. The zero-order valence-corrected chi connectivity index (χ0v) is 20.1. The summed E-state index contributed by atoms with van der Waals surface area (Å²) in [6.45, 7) is 2.90. The van der Waals surface area contributed by atoms with Gasteiger partial charge in [-0.15, -0.1) is 0 Å². The minimum absolute atomic E-state index is 0.0889. The lowest BCUT2D eigenvalue weighted by atomic mass is 10.3. The maximum Gasteiger partial charge on any atom is 0.243 e. The first-order chi connectivity index (χ1) is 15.7. The van der Waals surface area contributed by atoms with Crippen LogP contribution in [0.15, 0.2) is 81.1 Å². The molecule has 8 nitrogen and oxygen atoms in total. The molecule has 1 heterocycles. The molecule has 0 spiro atoms. The van der Waals surface area contributed by atoms with E-state index in [2.05, 4.69) is 0 Å². The van der Waals surface area contributed by atoms with Crippen LogP contribution in [0.25, 0.3) is 0 Å². The summed E-state index contributed by atoms with van der Waals surface area (Å²) in [5, 5.41) is 0. The molecule has 0 aliphatic heterocycles. The number of nitrogens with zero attached hydrogens (tertiary/aromatic N) is 1. The molecular weight excluding hydrogens is 466 g/mol. The molecule has 33 heavy (non-hydrogen) atoms. The molecule has 2 aromatic carbocycles. The fraction of sp³-hybridized carbons (Fsp3) is 0.304. The molecule has 178 valence electrons. The van der Waals surface area contributed by atoms with Crippen LogP contribution in [0.3, 0.4) is 0 Å². The highest BCUT2D eigenvalue weighted by Gasteiger charge is 2.25. The summed E-state index contributed by atoms with van der Waals surface area (Å²) in [6, 6.07) is 15.8. The van der Waals surface area contributed by atoms with Crippen molar-refractivity contribution >= 4 is 19.9 Å². The minimum atomic E-state index is -3.78. The smallest absolute Gasteiger partial charge is 0.243 e. The highest BCUT2D eigenvalue weighted by molar-refractivity contribution is 7.90. The van der Waals surface area contributed by atoms with Gasteiger partial charge in [0.1, 0.15) is 17.3 Å². The molecule has 0 unspecified atom stereocenters. The molecule has 3 aromatic rings. The van der Waals surface area contributed by atoms with E-state index in [0.717, 1.165) is 6.26 Å². The summed E-state index contributed by atoms with van der Waals surface area (Å²) in [7, 11) is -7.06. The van der Waals surface area contributed by atoms with Crippen LogP contribution in [-0.4, -0.2) is 47.2 Å². The third kappa shape index (κ3) is 6.83. The first kappa shape index (κ1) is 24.8. The van der Waals surface area contributed by atoms with E-state index in [1.807, 2.05) is 6.92 Å². The van der Waals surface area contributed by atoms with Crippen LogP contribution in [0.2, 0.25) is 0 Å². The molecule has 0 atom stereocenters. The second-order valence-corrected chi connectivity index (χ2v) is 11.2. The van der Waals surface area contributed by atoms with Gasteiger partial charge in [-0.05, 0) is 74.0 Å². The zero-order valence-electron chi connectivity index (χ0n) is 18.5. The first-order valence-corrected chi connectivity index (χ1v) is 13.7. The highest BCUT2D eigenvalue weighted by Crippen LogP contribution is 2.22. The number of benzene rings is 2. The van der Waals surface area contributed by atoms with Gasteiger partial charge in [0, 0.05) is 12.8 Å². The largest absolute Gasteiger partial charge is 0.494 e. The molecule has 3 rings (SSSR count). The lowest BCUT2D eigenvalue weighted by Crippen LogP contribution is -2.32. The summed E-state index contributed by atoms with van der Waals surface area (Å²) in [5.74, 6) is 1.64. The Morgan fingerprint density at radius 1 is 0.848 bits per heavy atom. The van der Waals surface area contributed by atoms with Gasteiger partial charge < -0.3 is 13.9 Å². The molecular formula is C23H27NO7S2. The summed E-state index contributed by atoms with van der Waals surface area (Å²) < 4.78 is 67.4. The molecule has 10 heteroatoms. The van der Waals surface area contributed by atoms with Crippen molar-refractivity contribution in [3.05, 3.63) is 72.7 Å². The lowest BCUT2D eigenvalue weighted by molar-refractivity contribution is 0.280. The zero-order chi connectivity index (χ0) is 23.9. The van der Waals surface area contributed by atoms with Crippen molar-refractivity contribution < 1.29 is 30.7 Å². The number of sulfonamides is 1. The first-order valence-electron chi connectivity index (χ1n) is 10.4. The highest BCUT2D eigenvalue weighted by atomic mass is 32.2. The lowest BCUT2D eigenvalue weighted by Gasteiger charge is -2.21. The molecule has 0 bridgehead atoms. The van der Waals surface area contributed by atoms with Crippen LogP contribution in [0.5, 0.6) is 11.5 Å². The van der Waals surface area contributed by atoms with Crippen molar-refractivity contribution in [3.63, 3.8) is 0 Å². The molecule has 0 aliphatic rings. The predicted molar refractivity (Wildman–Crippen MR) is 124 cm³/mol. The Labute approximate surface area is 194 Å². The molecule has 0 fully saturated rings. The fourth-order valence-corrected chi connectivity index (χ4v) is 5.17. The molecule has 0 N–H and O–H groups in total. The van der Waals surface area contributed by atoms with Crippen molar-refractivity contribution in [2.75, 3.05) is 26.0 Å². The minimum Gasteiger partial charge on any atom is -0.494 e. The summed E-state index contributed by atoms with van der Waals surface area (Å²) in [5.41, 5.74) is 0. The van der Waals surface area contributed by atoms with Gasteiger partial charge in [-0.25, -0.2) is 16.8 Å². The van der Waals surface area contributed by atoms with E-state index in [1.54, 1.807) is 36.4 Å². The van der Waals surface area contributed by atoms with Crippen molar-refractivity contribution in [1.82, 2.24) is 4.31 Å². The van der Waals surface area contributed by atoms with Crippen LogP contribution in [0, 0.1) is 0 Å². The van der Waals surface area contributed by atoms with Gasteiger partial charge >= 0.3 is 0 Å². The number of hydrogen-bond donors (Lipinski definition) is 0. The standard InChI is InChI=1S/C23H27NO7S2/c1-3-29-19-9-13-23(14-10-19)33(27,28)24(18-21-6-4-16-31-21)15-5-17-30-20-7-11-22(12-8-20)32(2,25)26/h4,6-14,16H,3,5,15,17-18H2,1-2H3. The van der Waals surface area contributed by atoms with E-state index in [0.29, 0.717) is 30.3 Å². The molecule has 0 saturated carbocycles. The third-order valence-corrected chi connectivity index (χ3v) is 7.75. The Kier molecular flexibility index (Phi) is 8.17. The van der Waals surface area contributed by atoms with E-state index in [9.17, 15) is 16.8 Å². The normalized spacial score (nSPS) is 12.1. The fourth-order valence-electron chi connectivity index (χ4n) is 3.10. The van der Waals surface area contributed by atoms with Crippen LogP contribution in [-0.2, 0) is 26.4 Å². The Bertz CT molecular complexity index is 1220. The van der Waals surface area contributed by atoms with Crippen molar-refractivity contribution in [3.8, 4) is 11.5 Å². The van der Waals surface area contributed by atoms with Crippen LogP contribution in [0.4, 0.5) is 0 Å². The second-order valence-electron chi connectivity index (χ2n) is 7.27. The molecule has 0 saturated heterocycles. The predicted octanol–water partition coefficient (Wildman–Crippen LogP) is 3.74. The van der Waals surface area contributed by atoms with Crippen molar-refractivity contribution in [2.45, 2.75) is 29.7 Å². The topological polar surface area (TPSA) is 103 Å². The Morgan fingerprint density at radius 2 is 1.45 bits per heavy atom. The van der Waals surface area contributed by atoms with Crippen molar-refractivity contribution in [1.29, 1.82) is 0 Å². The maximum atomic E-state index is 13.3. The number of sulfone groups is 1. The summed E-state index contributed by atoms with van der Waals surface area (Å²) in [4.78, 5) is 0.371. The van der Waals surface area contributed by atoms with Crippen LogP contribution < -0.4 is 9.47 Å². The van der Waals surface area contributed by atoms with Gasteiger partial charge in [-0.1, -0.05) is 0 Å². The van der Waals surface area contributed by atoms with E-state index >= 15 is 0 Å². The summed E-state index contributed by atoms with van der Waals surface area (Å²) >= 11 is 0. The van der Waals surface area contributed by atoms with Gasteiger partial charge in [0.05, 0.1) is 35.8 Å². The van der Waals surface area contributed by atoms with Gasteiger partial charge in [0.15, 0.2) is 9.84 Å². The van der Waals surface area contributed by atoms with Gasteiger partial charge in [0.25, 0.3) is 0 Å². The molecule has 0 amide bonds. The monoisotopic (exact) mass is 493 g/mol. The average molecular weight is 494 g/mol. The Balaban J connectivity index is 1.66. The van der Waals surface area contributed by atoms with Crippen LogP contribution >= 0.6 is 0 Å². The van der Waals surface area contributed by atoms with Gasteiger partial charge in [-0.2, -0.15) is 4.31 Å². The maximum absolute atomic E-state index is 13.3. The molecule has 1 aromatic heterocycles.